The summed E-state index contributed by atoms with van der Waals surface area (Å²) < 4.78 is 5.35. The van der Waals surface area contributed by atoms with E-state index in [1.54, 1.807) is 24.2 Å². The Labute approximate surface area is 133 Å². The van der Waals surface area contributed by atoms with E-state index in [2.05, 4.69) is 15.5 Å². The standard InChI is InChI=1S/C17H16N4O2/c1-21(13-5-6-13)17(22)19-16-10-15(23-20-16)12-4-7-14-11(9-12)3-2-8-18-14/h2-4,7-10,13H,5-6H2,1H3,(H,19,20,22). The fourth-order valence-electron chi connectivity index (χ4n) is 2.52. The monoisotopic (exact) mass is 308 g/mol. The molecule has 23 heavy (non-hydrogen) atoms. The second-order valence-corrected chi connectivity index (χ2v) is 5.76. The van der Waals surface area contributed by atoms with Crippen LogP contribution >= 0.6 is 0 Å². The van der Waals surface area contributed by atoms with Gasteiger partial charge in [-0.15, -0.1) is 0 Å². The normalized spacial score (nSPS) is 14.0. The third kappa shape index (κ3) is 2.75. The Morgan fingerprint density at radius 2 is 2.17 bits per heavy atom. The minimum Gasteiger partial charge on any atom is -0.354 e. The molecular weight excluding hydrogens is 292 g/mol. The van der Waals surface area contributed by atoms with Crippen LogP contribution in [0.5, 0.6) is 0 Å². The molecule has 3 aromatic rings. The van der Waals surface area contributed by atoms with Crippen LogP contribution in [0.3, 0.4) is 0 Å². The van der Waals surface area contributed by atoms with Gasteiger partial charge in [-0.05, 0) is 37.1 Å². The van der Waals surface area contributed by atoms with Gasteiger partial charge < -0.3 is 9.42 Å². The maximum absolute atomic E-state index is 12.0. The number of fused-ring (bicyclic) bond motifs is 1. The van der Waals surface area contributed by atoms with Gasteiger partial charge in [0.1, 0.15) is 0 Å². The molecule has 1 aromatic carbocycles. The molecule has 0 aliphatic heterocycles. The van der Waals surface area contributed by atoms with Crippen molar-refractivity contribution in [2.45, 2.75) is 18.9 Å². The van der Waals surface area contributed by atoms with E-state index < -0.39 is 0 Å². The van der Waals surface area contributed by atoms with Gasteiger partial charge in [0.05, 0.1) is 5.52 Å². The van der Waals surface area contributed by atoms with Gasteiger partial charge in [0.15, 0.2) is 11.6 Å². The summed E-state index contributed by atoms with van der Waals surface area (Å²) in [5, 5.41) is 7.71. The lowest BCUT2D eigenvalue weighted by Gasteiger charge is -2.15. The van der Waals surface area contributed by atoms with Crippen molar-refractivity contribution >= 4 is 22.8 Å². The second-order valence-electron chi connectivity index (χ2n) is 5.76. The molecule has 1 aliphatic carbocycles. The van der Waals surface area contributed by atoms with Gasteiger partial charge in [0.2, 0.25) is 0 Å². The minimum absolute atomic E-state index is 0.157. The van der Waals surface area contributed by atoms with E-state index >= 15 is 0 Å². The Balaban J connectivity index is 1.55. The van der Waals surface area contributed by atoms with Gasteiger partial charge in [-0.1, -0.05) is 11.2 Å². The third-order valence-electron chi connectivity index (χ3n) is 4.05. The zero-order valence-electron chi connectivity index (χ0n) is 12.7. The molecule has 6 nitrogen and oxygen atoms in total. The molecule has 1 N–H and O–H groups in total. The molecule has 0 saturated heterocycles. The van der Waals surface area contributed by atoms with Crippen molar-refractivity contribution in [1.82, 2.24) is 15.0 Å². The summed E-state index contributed by atoms with van der Waals surface area (Å²) in [5.74, 6) is 1.03. The minimum atomic E-state index is -0.157. The van der Waals surface area contributed by atoms with Crippen molar-refractivity contribution in [3.8, 4) is 11.3 Å². The molecular formula is C17H16N4O2. The van der Waals surface area contributed by atoms with Gasteiger partial charge >= 0.3 is 6.03 Å². The van der Waals surface area contributed by atoms with Gasteiger partial charge in [0, 0.05) is 36.3 Å². The molecule has 6 heteroatoms. The summed E-state index contributed by atoms with van der Waals surface area (Å²) in [5.41, 5.74) is 1.82. The van der Waals surface area contributed by atoms with Crippen LogP contribution in [-0.4, -0.2) is 34.2 Å². The molecule has 0 radical (unpaired) electrons. The van der Waals surface area contributed by atoms with Crippen LogP contribution in [0.15, 0.2) is 47.1 Å². The average molecular weight is 308 g/mol. The Hall–Kier alpha value is -2.89. The number of carbonyl (C=O) groups is 1. The number of pyridine rings is 1. The molecule has 1 saturated carbocycles. The maximum atomic E-state index is 12.0. The first-order valence-corrected chi connectivity index (χ1v) is 7.56. The lowest BCUT2D eigenvalue weighted by molar-refractivity contribution is 0.220. The summed E-state index contributed by atoms with van der Waals surface area (Å²) in [6.07, 6.45) is 3.90. The molecule has 0 unspecified atom stereocenters. The molecule has 2 amide bonds. The highest BCUT2D eigenvalue weighted by atomic mass is 16.5. The summed E-state index contributed by atoms with van der Waals surface area (Å²) in [6, 6.07) is 11.7. The third-order valence-corrected chi connectivity index (χ3v) is 4.05. The fourth-order valence-corrected chi connectivity index (χ4v) is 2.52. The van der Waals surface area contributed by atoms with E-state index in [9.17, 15) is 4.79 Å². The van der Waals surface area contributed by atoms with Gasteiger partial charge in [0.25, 0.3) is 0 Å². The van der Waals surface area contributed by atoms with Crippen molar-refractivity contribution in [3.05, 3.63) is 42.6 Å². The maximum Gasteiger partial charge on any atom is 0.323 e. The molecule has 2 aromatic heterocycles. The zero-order chi connectivity index (χ0) is 15.8. The van der Waals surface area contributed by atoms with Crippen LogP contribution < -0.4 is 5.32 Å². The van der Waals surface area contributed by atoms with Crippen molar-refractivity contribution in [3.63, 3.8) is 0 Å². The van der Waals surface area contributed by atoms with Crippen LogP contribution in [0, 0.1) is 0 Å². The summed E-state index contributed by atoms with van der Waals surface area (Å²) >= 11 is 0. The van der Waals surface area contributed by atoms with Crippen LogP contribution in [0.25, 0.3) is 22.2 Å². The zero-order valence-corrected chi connectivity index (χ0v) is 12.7. The molecule has 4 rings (SSSR count). The Kier molecular flexibility index (Phi) is 3.22. The summed E-state index contributed by atoms with van der Waals surface area (Å²) in [7, 11) is 1.80. The van der Waals surface area contributed by atoms with Crippen LogP contribution in [0.2, 0.25) is 0 Å². The van der Waals surface area contributed by atoms with Crippen LogP contribution in [0.4, 0.5) is 10.6 Å². The van der Waals surface area contributed by atoms with Gasteiger partial charge in [-0.3, -0.25) is 10.3 Å². The second kappa shape index (κ2) is 5.39. The SMILES string of the molecule is CN(C(=O)Nc1cc(-c2ccc3ncccc3c2)on1)C1CC1. The molecule has 116 valence electrons. The summed E-state index contributed by atoms with van der Waals surface area (Å²) in [6.45, 7) is 0. The van der Waals surface area contributed by atoms with Crippen LogP contribution in [0.1, 0.15) is 12.8 Å². The highest BCUT2D eigenvalue weighted by Gasteiger charge is 2.29. The van der Waals surface area contributed by atoms with Crippen molar-refractivity contribution < 1.29 is 9.32 Å². The highest BCUT2D eigenvalue weighted by molar-refractivity contribution is 5.89. The summed E-state index contributed by atoms with van der Waals surface area (Å²) in [4.78, 5) is 18.0. The van der Waals surface area contributed by atoms with E-state index in [0.29, 0.717) is 17.6 Å². The number of carbonyl (C=O) groups excluding carboxylic acids is 1. The number of nitrogens with zero attached hydrogens (tertiary/aromatic N) is 3. The Morgan fingerprint density at radius 1 is 1.30 bits per heavy atom. The van der Waals surface area contributed by atoms with E-state index in [1.807, 2.05) is 30.3 Å². The van der Waals surface area contributed by atoms with E-state index in [-0.39, 0.29) is 6.03 Å². The number of aromatic nitrogens is 2. The number of hydrogen-bond donors (Lipinski definition) is 1. The van der Waals surface area contributed by atoms with E-state index in [4.69, 9.17) is 4.52 Å². The van der Waals surface area contributed by atoms with Gasteiger partial charge in [-0.25, -0.2) is 4.79 Å². The lowest BCUT2D eigenvalue weighted by atomic mass is 10.1. The number of hydrogen-bond acceptors (Lipinski definition) is 4. The molecule has 0 bridgehead atoms. The molecule has 0 atom stereocenters. The van der Waals surface area contributed by atoms with E-state index in [1.165, 1.54) is 0 Å². The number of nitrogens with one attached hydrogen (secondary N) is 1. The highest BCUT2D eigenvalue weighted by Crippen LogP contribution is 2.27. The van der Waals surface area contributed by atoms with Crippen molar-refractivity contribution in [2.75, 3.05) is 12.4 Å². The fraction of sp³-hybridized carbons (Fsp3) is 0.235. The quantitative estimate of drug-likeness (QED) is 0.803. The number of benzene rings is 1. The van der Waals surface area contributed by atoms with E-state index in [0.717, 1.165) is 29.3 Å². The van der Waals surface area contributed by atoms with Crippen molar-refractivity contribution in [1.29, 1.82) is 0 Å². The molecule has 0 spiro atoms. The smallest absolute Gasteiger partial charge is 0.323 e. The topological polar surface area (TPSA) is 71.3 Å². The number of rotatable bonds is 3. The predicted octanol–water partition coefficient (Wildman–Crippen LogP) is 3.52. The number of urea groups is 1. The van der Waals surface area contributed by atoms with Gasteiger partial charge in [-0.2, -0.15) is 0 Å². The number of amides is 2. The Morgan fingerprint density at radius 3 is 3.00 bits per heavy atom. The number of anilines is 1. The molecule has 1 fully saturated rings. The lowest BCUT2D eigenvalue weighted by Crippen LogP contribution is -2.33. The van der Waals surface area contributed by atoms with Crippen LogP contribution in [-0.2, 0) is 0 Å². The van der Waals surface area contributed by atoms with Crippen molar-refractivity contribution in [2.24, 2.45) is 0 Å². The first-order valence-electron chi connectivity index (χ1n) is 7.56. The largest absolute Gasteiger partial charge is 0.354 e. The average Bonchev–Trinajstić information content (AvgIpc) is 3.33. The Bertz CT molecular complexity index is 870. The predicted molar refractivity (Wildman–Crippen MR) is 87.0 cm³/mol. The first kappa shape index (κ1) is 13.8. The molecule has 2 heterocycles. The molecule has 1 aliphatic rings. The first-order chi connectivity index (χ1) is 11.2.